The molecule has 0 aromatic heterocycles. The second-order valence-electron chi connectivity index (χ2n) is 4.46. The van der Waals surface area contributed by atoms with Gasteiger partial charge in [0, 0.05) is 0 Å². The standard InChI is InChI=1S/C13H15NO3/c1-13(2)7-6-8-10(17-13)5-4-9(12(14)15)11(8)16-3/h4-7H,1-3H3,(H2,14,15). The summed E-state index contributed by atoms with van der Waals surface area (Å²) in [5.41, 5.74) is 6.05. The van der Waals surface area contributed by atoms with E-state index in [-0.39, 0.29) is 5.60 Å². The third-order valence-corrected chi connectivity index (χ3v) is 2.65. The van der Waals surface area contributed by atoms with Crippen LogP contribution in [0.2, 0.25) is 0 Å². The molecular formula is C13H15NO3. The van der Waals surface area contributed by atoms with Gasteiger partial charge in [-0.1, -0.05) is 0 Å². The highest BCUT2D eigenvalue weighted by molar-refractivity contribution is 5.97. The van der Waals surface area contributed by atoms with Crippen LogP contribution in [0.1, 0.15) is 29.8 Å². The van der Waals surface area contributed by atoms with Crippen molar-refractivity contribution in [2.75, 3.05) is 7.11 Å². The molecule has 0 bridgehead atoms. The van der Waals surface area contributed by atoms with E-state index in [1.165, 1.54) is 7.11 Å². The molecule has 0 saturated carbocycles. The van der Waals surface area contributed by atoms with E-state index in [0.717, 1.165) is 5.56 Å². The normalized spacial score (nSPS) is 15.9. The monoisotopic (exact) mass is 233 g/mol. The number of rotatable bonds is 2. The Kier molecular flexibility index (Phi) is 2.58. The number of methoxy groups -OCH3 is 1. The highest BCUT2D eigenvalue weighted by Crippen LogP contribution is 2.38. The lowest BCUT2D eigenvalue weighted by molar-refractivity contribution is 0.0997. The Morgan fingerprint density at radius 3 is 2.71 bits per heavy atom. The Morgan fingerprint density at radius 1 is 1.41 bits per heavy atom. The smallest absolute Gasteiger partial charge is 0.252 e. The van der Waals surface area contributed by atoms with Gasteiger partial charge in [0.25, 0.3) is 5.91 Å². The number of carbonyl (C=O) groups is 1. The van der Waals surface area contributed by atoms with Crippen LogP contribution in [0.5, 0.6) is 11.5 Å². The van der Waals surface area contributed by atoms with Crippen molar-refractivity contribution < 1.29 is 14.3 Å². The molecule has 1 aromatic carbocycles. The molecule has 90 valence electrons. The Balaban J connectivity index is 2.60. The van der Waals surface area contributed by atoms with Crippen LogP contribution in [0.25, 0.3) is 6.08 Å². The molecule has 2 rings (SSSR count). The molecule has 0 saturated heterocycles. The molecule has 1 heterocycles. The summed E-state index contributed by atoms with van der Waals surface area (Å²) in [7, 11) is 1.51. The van der Waals surface area contributed by atoms with E-state index in [1.807, 2.05) is 26.0 Å². The maximum Gasteiger partial charge on any atom is 0.252 e. The third kappa shape index (κ3) is 1.98. The molecule has 0 radical (unpaired) electrons. The zero-order valence-electron chi connectivity index (χ0n) is 10.1. The first-order valence-electron chi connectivity index (χ1n) is 5.33. The van der Waals surface area contributed by atoms with Gasteiger partial charge in [-0.3, -0.25) is 4.79 Å². The number of hydrogen-bond donors (Lipinski definition) is 1. The Morgan fingerprint density at radius 2 is 2.12 bits per heavy atom. The Hall–Kier alpha value is -1.97. The van der Waals surface area contributed by atoms with Crippen LogP contribution < -0.4 is 15.2 Å². The van der Waals surface area contributed by atoms with Gasteiger partial charge in [0.1, 0.15) is 17.1 Å². The van der Waals surface area contributed by atoms with Gasteiger partial charge in [0.05, 0.1) is 18.2 Å². The summed E-state index contributed by atoms with van der Waals surface area (Å²) in [6.45, 7) is 3.92. The van der Waals surface area contributed by atoms with Crippen molar-refractivity contribution in [3.8, 4) is 11.5 Å². The van der Waals surface area contributed by atoms with Crippen LogP contribution in [0, 0.1) is 0 Å². The van der Waals surface area contributed by atoms with Crippen LogP contribution in [0.15, 0.2) is 18.2 Å². The zero-order valence-corrected chi connectivity index (χ0v) is 10.1. The lowest BCUT2D eigenvalue weighted by Gasteiger charge is -2.28. The number of amides is 1. The topological polar surface area (TPSA) is 61.5 Å². The number of ether oxygens (including phenoxy) is 2. The van der Waals surface area contributed by atoms with Crippen LogP contribution >= 0.6 is 0 Å². The van der Waals surface area contributed by atoms with E-state index in [0.29, 0.717) is 17.1 Å². The van der Waals surface area contributed by atoms with E-state index < -0.39 is 5.91 Å². The van der Waals surface area contributed by atoms with Crippen LogP contribution in [-0.4, -0.2) is 18.6 Å². The maximum atomic E-state index is 11.3. The summed E-state index contributed by atoms with van der Waals surface area (Å²) in [6, 6.07) is 3.36. The van der Waals surface area contributed by atoms with Crippen LogP contribution in [-0.2, 0) is 0 Å². The van der Waals surface area contributed by atoms with Crippen molar-refractivity contribution in [1.82, 2.24) is 0 Å². The van der Waals surface area contributed by atoms with E-state index in [4.69, 9.17) is 15.2 Å². The molecule has 0 unspecified atom stereocenters. The minimum Gasteiger partial charge on any atom is -0.495 e. The fraction of sp³-hybridized carbons (Fsp3) is 0.308. The van der Waals surface area contributed by atoms with Crippen LogP contribution in [0.4, 0.5) is 0 Å². The summed E-state index contributed by atoms with van der Waals surface area (Å²) >= 11 is 0. The average molecular weight is 233 g/mol. The van der Waals surface area contributed by atoms with Gasteiger partial charge in [-0.05, 0) is 38.1 Å². The highest BCUT2D eigenvalue weighted by Gasteiger charge is 2.25. The minimum atomic E-state index is -0.511. The highest BCUT2D eigenvalue weighted by atomic mass is 16.5. The fourth-order valence-electron chi connectivity index (χ4n) is 1.84. The quantitative estimate of drug-likeness (QED) is 0.849. The second kappa shape index (κ2) is 3.80. The largest absolute Gasteiger partial charge is 0.495 e. The Labute approximate surface area is 100 Å². The third-order valence-electron chi connectivity index (χ3n) is 2.65. The molecule has 4 nitrogen and oxygen atoms in total. The molecule has 1 aliphatic heterocycles. The molecule has 2 N–H and O–H groups in total. The molecular weight excluding hydrogens is 218 g/mol. The zero-order chi connectivity index (χ0) is 12.6. The minimum absolute atomic E-state index is 0.355. The van der Waals surface area contributed by atoms with E-state index in [2.05, 4.69) is 0 Å². The molecule has 1 aromatic rings. The Bertz CT molecular complexity index is 504. The van der Waals surface area contributed by atoms with Gasteiger partial charge in [-0.15, -0.1) is 0 Å². The number of nitrogens with two attached hydrogens (primary N) is 1. The molecule has 1 amide bonds. The number of fused-ring (bicyclic) bond motifs is 1. The van der Waals surface area contributed by atoms with Gasteiger partial charge < -0.3 is 15.2 Å². The summed E-state index contributed by atoms with van der Waals surface area (Å²) in [6.07, 6.45) is 3.81. The molecule has 4 heteroatoms. The summed E-state index contributed by atoms with van der Waals surface area (Å²) in [5, 5.41) is 0. The SMILES string of the molecule is COc1c(C(N)=O)ccc2c1C=CC(C)(C)O2. The van der Waals surface area contributed by atoms with Crippen molar-refractivity contribution in [2.45, 2.75) is 19.4 Å². The van der Waals surface area contributed by atoms with Gasteiger partial charge in [0.2, 0.25) is 0 Å². The molecule has 1 aliphatic rings. The van der Waals surface area contributed by atoms with Crippen LogP contribution in [0.3, 0.4) is 0 Å². The van der Waals surface area contributed by atoms with E-state index in [1.54, 1.807) is 12.1 Å². The first-order chi connectivity index (χ1) is 7.94. The van der Waals surface area contributed by atoms with Gasteiger partial charge in [-0.2, -0.15) is 0 Å². The molecule has 0 atom stereocenters. The first kappa shape index (κ1) is 11.5. The van der Waals surface area contributed by atoms with E-state index in [9.17, 15) is 4.79 Å². The van der Waals surface area contributed by atoms with Crippen molar-refractivity contribution in [3.05, 3.63) is 29.3 Å². The number of primary amides is 1. The summed E-state index contributed by atoms with van der Waals surface area (Å²) in [5.74, 6) is 0.643. The second-order valence-corrected chi connectivity index (χ2v) is 4.46. The van der Waals surface area contributed by atoms with Gasteiger partial charge in [-0.25, -0.2) is 0 Å². The first-order valence-corrected chi connectivity index (χ1v) is 5.33. The lowest BCUT2D eigenvalue weighted by Crippen LogP contribution is -2.28. The van der Waals surface area contributed by atoms with Crippen molar-refractivity contribution >= 4 is 12.0 Å². The molecule has 0 aliphatic carbocycles. The molecule has 0 fully saturated rings. The fourth-order valence-corrected chi connectivity index (χ4v) is 1.84. The van der Waals surface area contributed by atoms with Crippen molar-refractivity contribution in [2.24, 2.45) is 5.73 Å². The van der Waals surface area contributed by atoms with E-state index >= 15 is 0 Å². The van der Waals surface area contributed by atoms with Crippen molar-refractivity contribution in [3.63, 3.8) is 0 Å². The van der Waals surface area contributed by atoms with Gasteiger partial charge in [0.15, 0.2) is 0 Å². The predicted molar refractivity (Wildman–Crippen MR) is 65.3 cm³/mol. The number of hydrogen-bond acceptors (Lipinski definition) is 3. The number of carbonyl (C=O) groups excluding carboxylic acids is 1. The predicted octanol–water partition coefficient (Wildman–Crippen LogP) is 1.98. The number of benzene rings is 1. The molecule has 17 heavy (non-hydrogen) atoms. The summed E-state index contributed by atoms with van der Waals surface area (Å²) in [4.78, 5) is 11.3. The molecule has 0 spiro atoms. The van der Waals surface area contributed by atoms with Gasteiger partial charge >= 0.3 is 0 Å². The lowest BCUT2D eigenvalue weighted by atomic mass is 9.99. The maximum absolute atomic E-state index is 11.3. The average Bonchev–Trinajstić information content (AvgIpc) is 2.25. The van der Waals surface area contributed by atoms with Crippen molar-refractivity contribution in [1.29, 1.82) is 0 Å². The summed E-state index contributed by atoms with van der Waals surface area (Å²) < 4.78 is 11.0.